The van der Waals surface area contributed by atoms with E-state index in [-0.39, 0.29) is 12.4 Å². The molecule has 5 nitrogen and oxygen atoms in total. The highest BCUT2D eigenvalue weighted by Gasteiger charge is 2.09. The SMILES string of the molecule is CCNS(=O)(=O)NCC1=CCNCC1.Cl. The minimum atomic E-state index is -3.29. The predicted octanol–water partition coefficient (Wildman–Crippen LogP) is -0.228. The van der Waals surface area contributed by atoms with Gasteiger partial charge < -0.3 is 5.32 Å². The molecule has 15 heavy (non-hydrogen) atoms. The molecule has 1 aliphatic heterocycles. The summed E-state index contributed by atoms with van der Waals surface area (Å²) in [5.74, 6) is 0. The molecule has 0 aromatic heterocycles. The second-order valence-electron chi connectivity index (χ2n) is 3.14. The van der Waals surface area contributed by atoms with Crippen LogP contribution >= 0.6 is 12.4 Å². The van der Waals surface area contributed by atoms with Crippen LogP contribution in [-0.4, -0.2) is 34.6 Å². The summed E-state index contributed by atoms with van der Waals surface area (Å²) in [4.78, 5) is 0. The van der Waals surface area contributed by atoms with Gasteiger partial charge in [0.15, 0.2) is 0 Å². The highest BCUT2D eigenvalue weighted by molar-refractivity contribution is 7.87. The van der Waals surface area contributed by atoms with E-state index < -0.39 is 10.2 Å². The first-order valence-corrected chi connectivity index (χ1v) is 6.25. The van der Waals surface area contributed by atoms with Crippen LogP contribution in [-0.2, 0) is 10.2 Å². The van der Waals surface area contributed by atoms with Crippen LogP contribution in [0.1, 0.15) is 13.3 Å². The molecule has 0 aromatic carbocycles. The van der Waals surface area contributed by atoms with Gasteiger partial charge in [0.2, 0.25) is 0 Å². The van der Waals surface area contributed by atoms with Crippen LogP contribution in [0.25, 0.3) is 0 Å². The Bertz CT molecular complexity index is 303. The fourth-order valence-electron chi connectivity index (χ4n) is 1.26. The van der Waals surface area contributed by atoms with Crippen LogP contribution in [0, 0.1) is 0 Å². The Kier molecular flexibility index (Phi) is 7.12. The topological polar surface area (TPSA) is 70.2 Å². The summed E-state index contributed by atoms with van der Waals surface area (Å²) in [6.45, 7) is 4.34. The van der Waals surface area contributed by atoms with Crippen LogP contribution in [0.5, 0.6) is 0 Å². The van der Waals surface area contributed by atoms with Crippen LogP contribution in [0.4, 0.5) is 0 Å². The number of rotatable bonds is 5. The van der Waals surface area contributed by atoms with E-state index in [0.717, 1.165) is 25.1 Å². The second kappa shape index (κ2) is 7.19. The maximum atomic E-state index is 11.2. The molecule has 0 unspecified atom stereocenters. The van der Waals surface area contributed by atoms with E-state index in [1.807, 2.05) is 6.08 Å². The molecule has 1 rings (SSSR count). The zero-order valence-electron chi connectivity index (χ0n) is 8.75. The molecule has 0 aliphatic carbocycles. The van der Waals surface area contributed by atoms with Crippen molar-refractivity contribution in [3.05, 3.63) is 11.6 Å². The molecule has 0 atom stereocenters. The van der Waals surface area contributed by atoms with Crippen LogP contribution < -0.4 is 14.8 Å². The lowest BCUT2D eigenvalue weighted by Crippen LogP contribution is -2.38. The average molecular weight is 256 g/mol. The van der Waals surface area contributed by atoms with Crippen molar-refractivity contribution < 1.29 is 8.42 Å². The number of hydrogen-bond donors (Lipinski definition) is 3. The smallest absolute Gasteiger partial charge is 0.277 e. The van der Waals surface area contributed by atoms with E-state index in [9.17, 15) is 8.42 Å². The zero-order valence-corrected chi connectivity index (χ0v) is 10.4. The van der Waals surface area contributed by atoms with Gasteiger partial charge in [-0.3, -0.25) is 0 Å². The van der Waals surface area contributed by atoms with Gasteiger partial charge in [0, 0.05) is 19.6 Å². The van der Waals surface area contributed by atoms with E-state index in [1.165, 1.54) is 0 Å². The monoisotopic (exact) mass is 255 g/mol. The van der Waals surface area contributed by atoms with E-state index in [2.05, 4.69) is 14.8 Å². The summed E-state index contributed by atoms with van der Waals surface area (Å²) in [6, 6.07) is 0. The van der Waals surface area contributed by atoms with Gasteiger partial charge in [-0.2, -0.15) is 13.1 Å². The Morgan fingerprint density at radius 1 is 1.47 bits per heavy atom. The molecule has 0 fully saturated rings. The van der Waals surface area contributed by atoms with Crippen molar-refractivity contribution >= 4 is 22.6 Å². The molecule has 1 aliphatic rings. The lowest BCUT2D eigenvalue weighted by Gasteiger charge is -2.14. The second-order valence-corrected chi connectivity index (χ2v) is 4.72. The first-order chi connectivity index (χ1) is 6.64. The van der Waals surface area contributed by atoms with E-state index >= 15 is 0 Å². The Labute approximate surface area is 97.3 Å². The van der Waals surface area contributed by atoms with Gasteiger partial charge in [0.25, 0.3) is 10.2 Å². The van der Waals surface area contributed by atoms with Crippen molar-refractivity contribution in [2.75, 3.05) is 26.2 Å². The van der Waals surface area contributed by atoms with Gasteiger partial charge in [0.1, 0.15) is 0 Å². The summed E-state index contributed by atoms with van der Waals surface area (Å²) in [5, 5.41) is 3.17. The summed E-state index contributed by atoms with van der Waals surface area (Å²) in [6.07, 6.45) is 2.94. The molecular weight excluding hydrogens is 238 g/mol. The molecule has 0 saturated heterocycles. The first kappa shape index (κ1) is 14.9. The minimum absolute atomic E-state index is 0. The average Bonchev–Trinajstić information content (AvgIpc) is 2.17. The molecule has 0 amide bonds. The van der Waals surface area contributed by atoms with Crippen LogP contribution in [0.15, 0.2) is 11.6 Å². The molecular formula is C8H18ClN3O2S. The van der Waals surface area contributed by atoms with Crippen molar-refractivity contribution in [3.63, 3.8) is 0 Å². The van der Waals surface area contributed by atoms with Gasteiger partial charge in [-0.05, 0) is 13.0 Å². The summed E-state index contributed by atoms with van der Waals surface area (Å²) >= 11 is 0. The normalized spacial score (nSPS) is 16.7. The molecule has 0 radical (unpaired) electrons. The summed E-state index contributed by atoms with van der Waals surface area (Å²) in [7, 11) is -3.29. The summed E-state index contributed by atoms with van der Waals surface area (Å²) in [5.41, 5.74) is 1.14. The molecule has 0 aromatic rings. The van der Waals surface area contributed by atoms with Crippen molar-refractivity contribution in [2.45, 2.75) is 13.3 Å². The Balaban J connectivity index is 0.00000196. The highest BCUT2D eigenvalue weighted by Crippen LogP contribution is 2.02. The molecule has 3 N–H and O–H groups in total. The van der Waals surface area contributed by atoms with E-state index in [0.29, 0.717) is 13.1 Å². The van der Waals surface area contributed by atoms with Gasteiger partial charge in [-0.1, -0.05) is 18.6 Å². The first-order valence-electron chi connectivity index (χ1n) is 4.77. The van der Waals surface area contributed by atoms with E-state index in [4.69, 9.17) is 0 Å². The lowest BCUT2D eigenvalue weighted by atomic mass is 10.1. The number of nitrogens with one attached hydrogen (secondary N) is 3. The molecule has 0 saturated carbocycles. The van der Waals surface area contributed by atoms with Crippen LogP contribution in [0.3, 0.4) is 0 Å². The fourth-order valence-corrected chi connectivity index (χ4v) is 2.12. The predicted molar refractivity (Wildman–Crippen MR) is 63.4 cm³/mol. The van der Waals surface area contributed by atoms with Crippen molar-refractivity contribution in [2.24, 2.45) is 0 Å². The third-order valence-corrected chi connectivity index (χ3v) is 3.17. The maximum absolute atomic E-state index is 11.2. The van der Waals surface area contributed by atoms with Crippen molar-refractivity contribution in [1.82, 2.24) is 14.8 Å². The lowest BCUT2D eigenvalue weighted by molar-refractivity contribution is 0.569. The van der Waals surface area contributed by atoms with Gasteiger partial charge >= 0.3 is 0 Å². The number of hydrogen-bond acceptors (Lipinski definition) is 3. The standard InChI is InChI=1S/C8H17N3O2S.ClH/c1-2-10-14(12,13)11-7-8-3-5-9-6-4-8;/h3,9-11H,2,4-7H2,1H3;1H. The van der Waals surface area contributed by atoms with Crippen molar-refractivity contribution in [3.8, 4) is 0 Å². The Hall–Kier alpha value is -0.140. The molecule has 0 bridgehead atoms. The maximum Gasteiger partial charge on any atom is 0.277 e. The molecule has 90 valence electrons. The van der Waals surface area contributed by atoms with Gasteiger partial charge in [-0.25, -0.2) is 4.72 Å². The molecule has 7 heteroatoms. The minimum Gasteiger partial charge on any atom is -0.313 e. The third-order valence-electron chi connectivity index (χ3n) is 1.98. The largest absolute Gasteiger partial charge is 0.313 e. The molecule has 0 spiro atoms. The van der Waals surface area contributed by atoms with Gasteiger partial charge in [0.05, 0.1) is 0 Å². The molecule has 1 heterocycles. The van der Waals surface area contributed by atoms with Gasteiger partial charge in [-0.15, -0.1) is 12.4 Å². The Morgan fingerprint density at radius 2 is 2.20 bits per heavy atom. The fraction of sp³-hybridized carbons (Fsp3) is 0.750. The quantitative estimate of drug-likeness (QED) is 0.595. The number of halogens is 1. The summed E-state index contributed by atoms with van der Waals surface area (Å²) < 4.78 is 27.3. The van der Waals surface area contributed by atoms with Crippen LogP contribution in [0.2, 0.25) is 0 Å². The zero-order chi connectivity index (χ0) is 10.4. The highest BCUT2D eigenvalue weighted by atomic mass is 35.5. The Morgan fingerprint density at radius 3 is 2.73 bits per heavy atom. The van der Waals surface area contributed by atoms with E-state index in [1.54, 1.807) is 6.92 Å². The van der Waals surface area contributed by atoms with Crippen molar-refractivity contribution in [1.29, 1.82) is 0 Å². The third kappa shape index (κ3) is 6.11.